The molecule has 0 fully saturated rings. The van der Waals surface area contributed by atoms with E-state index in [0.29, 0.717) is 28.0 Å². The van der Waals surface area contributed by atoms with Crippen LogP contribution in [0.1, 0.15) is 21.5 Å². The molecule has 0 aliphatic rings. The fourth-order valence-corrected chi connectivity index (χ4v) is 3.72. The molecule has 0 atom stereocenters. The Labute approximate surface area is 195 Å². The van der Waals surface area contributed by atoms with Crippen LogP contribution in [0.3, 0.4) is 0 Å². The number of hydrazone groups is 1. The molecule has 0 aliphatic heterocycles. The molecule has 0 unspecified atom stereocenters. The number of carbonyl (C=O) groups excluding carboxylic acids is 1. The van der Waals surface area contributed by atoms with Crippen molar-refractivity contribution in [2.45, 2.75) is 6.61 Å². The van der Waals surface area contributed by atoms with Gasteiger partial charge in [0.05, 0.1) is 11.8 Å². The monoisotopic (exact) mass is 448 g/mol. The highest BCUT2D eigenvalue weighted by Gasteiger charge is 2.10. The summed E-state index contributed by atoms with van der Waals surface area (Å²) in [7, 11) is 0. The Bertz CT molecular complexity index is 1580. The summed E-state index contributed by atoms with van der Waals surface area (Å²) in [5, 5.41) is 6.78. The lowest BCUT2D eigenvalue weighted by atomic mass is 10.0. The zero-order chi connectivity index (χ0) is 23.3. The van der Waals surface area contributed by atoms with Crippen LogP contribution < -0.4 is 15.8 Å². The zero-order valence-electron chi connectivity index (χ0n) is 18.1. The van der Waals surface area contributed by atoms with Gasteiger partial charge in [0.2, 0.25) is 0 Å². The number of rotatable bonds is 6. The molecule has 6 heteroatoms. The molecule has 6 nitrogen and oxygen atoms in total. The molecule has 166 valence electrons. The molecule has 1 aromatic heterocycles. The molecule has 34 heavy (non-hydrogen) atoms. The molecule has 0 aliphatic carbocycles. The first-order valence-electron chi connectivity index (χ1n) is 10.7. The van der Waals surface area contributed by atoms with E-state index in [1.165, 1.54) is 6.21 Å². The van der Waals surface area contributed by atoms with Crippen LogP contribution in [0.5, 0.6) is 5.75 Å². The first-order valence-corrected chi connectivity index (χ1v) is 10.7. The summed E-state index contributed by atoms with van der Waals surface area (Å²) in [6, 6.07) is 29.6. The van der Waals surface area contributed by atoms with Crippen LogP contribution >= 0.6 is 0 Å². The summed E-state index contributed by atoms with van der Waals surface area (Å²) >= 11 is 0. The van der Waals surface area contributed by atoms with E-state index < -0.39 is 5.63 Å². The summed E-state index contributed by atoms with van der Waals surface area (Å²) in [4.78, 5) is 25.0. The molecule has 0 saturated heterocycles. The van der Waals surface area contributed by atoms with Crippen molar-refractivity contribution < 1.29 is 13.9 Å². The molecule has 0 radical (unpaired) electrons. The minimum atomic E-state index is -0.438. The quantitative estimate of drug-likeness (QED) is 0.217. The fraction of sp³-hybridized carbons (Fsp3) is 0.0357. The van der Waals surface area contributed by atoms with E-state index in [9.17, 15) is 9.59 Å². The maximum absolute atomic E-state index is 12.7. The van der Waals surface area contributed by atoms with Gasteiger partial charge in [-0.3, -0.25) is 4.79 Å². The first kappa shape index (κ1) is 21.2. The van der Waals surface area contributed by atoms with Crippen molar-refractivity contribution in [2.75, 3.05) is 0 Å². The van der Waals surface area contributed by atoms with E-state index >= 15 is 0 Å². The van der Waals surface area contributed by atoms with E-state index in [-0.39, 0.29) is 12.5 Å². The van der Waals surface area contributed by atoms with Crippen molar-refractivity contribution in [1.82, 2.24) is 5.43 Å². The number of benzene rings is 4. The molecule has 5 rings (SSSR count). The van der Waals surface area contributed by atoms with Crippen molar-refractivity contribution in [3.63, 3.8) is 0 Å². The number of amides is 1. The van der Waals surface area contributed by atoms with E-state index in [2.05, 4.69) is 10.5 Å². The molecular formula is C28H20N2O4. The van der Waals surface area contributed by atoms with Crippen molar-refractivity contribution in [3.8, 4) is 5.75 Å². The third-order valence-corrected chi connectivity index (χ3v) is 5.42. The number of ether oxygens (including phenoxy) is 1. The number of hydrogen-bond donors (Lipinski definition) is 1. The molecule has 1 heterocycles. The SMILES string of the molecule is O=C(N/N=C/c1ccccc1OCc1cc2ccccc2oc1=O)c1cccc2ccccc12. The molecule has 0 bridgehead atoms. The third kappa shape index (κ3) is 4.42. The van der Waals surface area contributed by atoms with Crippen LogP contribution in [0.2, 0.25) is 0 Å². The van der Waals surface area contributed by atoms with Gasteiger partial charge in [0.15, 0.2) is 0 Å². The van der Waals surface area contributed by atoms with E-state index in [1.54, 1.807) is 24.3 Å². The summed E-state index contributed by atoms with van der Waals surface area (Å²) < 4.78 is 11.3. The molecule has 1 N–H and O–H groups in total. The largest absolute Gasteiger partial charge is 0.488 e. The van der Waals surface area contributed by atoms with Gasteiger partial charge in [0.25, 0.3) is 5.91 Å². The normalized spacial score (nSPS) is 11.2. The highest BCUT2D eigenvalue weighted by atomic mass is 16.5. The highest BCUT2D eigenvalue weighted by Crippen LogP contribution is 2.20. The van der Waals surface area contributed by atoms with E-state index in [4.69, 9.17) is 9.15 Å². The van der Waals surface area contributed by atoms with Gasteiger partial charge in [-0.15, -0.1) is 0 Å². The highest BCUT2D eigenvalue weighted by molar-refractivity contribution is 6.07. The van der Waals surface area contributed by atoms with Gasteiger partial charge < -0.3 is 9.15 Å². The molecule has 5 aromatic rings. The number of fused-ring (bicyclic) bond motifs is 2. The average Bonchev–Trinajstić information content (AvgIpc) is 2.87. The van der Waals surface area contributed by atoms with E-state index in [0.717, 1.165) is 16.2 Å². The lowest BCUT2D eigenvalue weighted by molar-refractivity contribution is 0.0956. The number of para-hydroxylation sites is 2. The first-order chi connectivity index (χ1) is 16.7. The lowest BCUT2D eigenvalue weighted by Gasteiger charge is -2.09. The van der Waals surface area contributed by atoms with Gasteiger partial charge >= 0.3 is 5.63 Å². The number of hydrogen-bond acceptors (Lipinski definition) is 5. The topological polar surface area (TPSA) is 80.9 Å². The number of nitrogens with one attached hydrogen (secondary N) is 1. The van der Waals surface area contributed by atoms with Crippen LogP contribution in [0.25, 0.3) is 21.7 Å². The second kappa shape index (κ2) is 9.42. The van der Waals surface area contributed by atoms with Gasteiger partial charge in [-0.05, 0) is 41.1 Å². The minimum absolute atomic E-state index is 0.0420. The van der Waals surface area contributed by atoms with E-state index in [1.807, 2.05) is 72.8 Å². The summed E-state index contributed by atoms with van der Waals surface area (Å²) in [5.74, 6) is 0.221. The Morgan fingerprint density at radius 2 is 1.62 bits per heavy atom. The van der Waals surface area contributed by atoms with Gasteiger partial charge in [0, 0.05) is 16.5 Å². The smallest absolute Gasteiger partial charge is 0.342 e. The Morgan fingerprint density at radius 3 is 2.53 bits per heavy atom. The predicted octanol–water partition coefficient (Wildman–Crippen LogP) is 5.29. The summed E-state index contributed by atoms with van der Waals surface area (Å²) in [6.45, 7) is 0.0420. The number of nitrogens with zero attached hydrogens (tertiary/aromatic N) is 1. The molecule has 0 saturated carbocycles. The summed E-state index contributed by atoms with van der Waals surface area (Å²) in [5.41, 5.74) is 4.29. The lowest BCUT2D eigenvalue weighted by Crippen LogP contribution is -2.18. The van der Waals surface area contributed by atoms with Crippen molar-refractivity contribution in [1.29, 1.82) is 0 Å². The van der Waals surface area contributed by atoms with Crippen LogP contribution in [0, 0.1) is 0 Å². The Kier molecular flexibility index (Phi) is 5.86. The van der Waals surface area contributed by atoms with Crippen molar-refractivity contribution in [3.05, 3.63) is 124 Å². The molecule has 1 amide bonds. The molecular weight excluding hydrogens is 428 g/mol. The Hall–Kier alpha value is -4.71. The number of carbonyl (C=O) groups is 1. The molecule has 4 aromatic carbocycles. The van der Waals surface area contributed by atoms with Crippen LogP contribution in [-0.2, 0) is 6.61 Å². The Balaban J connectivity index is 1.31. The van der Waals surface area contributed by atoms with Gasteiger partial charge in [-0.1, -0.05) is 66.7 Å². The molecule has 0 spiro atoms. The second-order valence-electron chi connectivity index (χ2n) is 7.65. The average molecular weight is 448 g/mol. The summed E-state index contributed by atoms with van der Waals surface area (Å²) in [6.07, 6.45) is 1.52. The predicted molar refractivity (Wildman–Crippen MR) is 132 cm³/mol. The maximum Gasteiger partial charge on any atom is 0.342 e. The van der Waals surface area contributed by atoms with Crippen molar-refractivity contribution >= 4 is 33.9 Å². The van der Waals surface area contributed by atoms with Crippen LogP contribution in [0.4, 0.5) is 0 Å². The van der Waals surface area contributed by atoms with Crippen LogP contribution in [-0.4, -0.2) is 12.1 Å². The van der Waals surface area contributed by atoms with Gasteiger partial charge in [-0.25, -0.2) is 10.2 Å². The fourth-order valence-electron chi connectivity index (χ4n) is 3.72. The van der Waals surface area contributed by atoms with Crippen LogP contribution in [0.15, 0.2) is 111 Å². The minimum Gasteiger partial charge on any atom is -0.488 e. The van der Waals surface area contributed by atoms with Crippen molar-refractivity contribution in [2.24, 2.45) is 5.10 Å². The zero-order valence-corrected chi connectivity index (χ0v) is 18.1. The standard InChI is InChI=1S/C28H20N2O4/c31-27(24-13-7-11-19-8-1-4-12-23(19)24)30-29-17-21-10-3-5-14-25(21)33-18-22-16-20-9-2-6-15-26(20)34-28(22)32/h1-17H,18H2,(H,30,31)/b29-17+. The third-order valence-electron chi connectivity index (χ3n) is 5.42. The van der Waals surface area contributed by atoms with Gasteiger partial charge in [0.1, 0.15) is 17.9 Å². The second-order valence-corrected chi connectivity index (χ2v) is 7.65. The Morgan fingerprint density at radius 1 is 0.882 bits per heavy atom. The maximum atomic E-state index is 12.7. The van der Waals surface area contributed by atoms with Gasteiger partial charge in [-0.2, -0.15) is 5.10 Å².